The molecular weight excluding hydrogens is 344 g/mol. The predicted molar refractivity (Wildman–Crippen MR) is 105 cm³/mol. The highest BCUT2D eigenvalue weighted by atomic mass is 32.1. The van der Waals surface area contributed by atoms with Gasteiger partial charge in [-0.2, -0.15) is 0 Å². The number of nitrogens with two attached hydrogens (primary N) is 2. The van der Waals surface area contributed by atoms with Crippen LogP contribution in [0.4, 0.5) is 0 Å². The van der Waals surface area contributed by atoms with E-state index in [0.29, 0.717) is 5.56 Å². The molecule has 0 saturated carbocycles. The van der Waals surface area contributed by atoms with Crippen molar-refractivity contribution in [2.45, 2.75) is 19.1 Å². The van der Waals surface area contributed by atoms with E-state index in [1.165, 1.54) is 16.0 Å². The highest BCUT2D eigenvalue weighted by Gasteiger charge is 2.34. The van der Waals surface area contributed by atoms with Crippen LogP contribution in [0.25, 0.3) is 16.0 Å². The third kappa shape index (κ3) is 2.94. The van der Waals surface area contributed by atoms with Crippen LogP contribution >= 0.6 is 11.3 Å². The summed E-state index contributed by atoms with van der Waals surface area (Å²) in [7, 11) is 0. The van der Waals surface area contributed by atoms with Gasteiger partial charge < -0.3 is 16.6 Å². The number of fused-ring (bicyclic) bond motifs is 1. The Morgan fingerprint density at radius 2 is 2.00 bits per heavy atom. The van der Waals surface area contributed by atoms with Crippen molar-refractivity contribution in [3.63, 3.8) is 0 Å². The van der Waals surface area contributed by atoms with Crippen molar-refractivity contribution in [2.75, 3.05) is 0 Å². The molecule has 0 spiro atoms. The second-order valence-electron chi connectivity index (χ2n) is 6.62. The smallest absolute Gasteiger partial charge is 0.248 e. The highest BCUT2D eigenvalue weighted by molar-refractivity contribution is 7.15. The standard InChI is InChI=1S/C21H20N2O2S/c22-20(24)14-8-6-12(7-9-14)17-10-15-18(26-17)11-16(21(23)25)19(15)13-4-2-1-3-5-13/h1-4,6-10,16,21,25H,5,11,23H2,(H2,22,24)/b19-13-/t16-,21?/m1/s1. The average molecular weight is 364 g/mol. The van der Waals surface area contributed by atoms with E-state index in [-0.39, 0.29) is 5.92 Å². The second kappa shape index (κ2) is 6.68. The first-order chi connectivity index (χ1) is 12.5. The number of amides is 1. The number of hydrogen-bond acceptors (Lipinski definition) is 4. The molecule has 0 radical (unpaired) electrons. The maximum atomic E-state index is 11.3. The molecule has 0 fully saturated rings. The van der Waals surface area contributed by atoms with E-state index in [4.69, 9.17) is 11.5 Å². The molecule has 1 aromatic carbocycles. The molecule has 0 saturated heterocycles. The lowest BCUT2D eigenvalue weighted by Crippen LogP contribution is -2.29. The molecule has 0 bridgehead atoms. The van der Waals surface area contributed by atoms with Crippen LogP contribution < -0.4 is 11.5 Å². The SMILES string of the molecule is NC(=O)c1ccc(-c2cc3c(s2)C[C@@H](C(N)O)/C3=C2/C=CC=CC2)cc1. The number of rotatable bonds is 3. The summed E-state index contributed by atoms with van der Waals surface area (Å²) in [5.74, 6) is -0.483. The number of aliphatic hydroxyl groups excluding tert-OH is 1. The van der Waals surface area contributed by atoms with Crippen molar-refractivity contribution in [3.8, 4) is 10.4 Å². The van der Waals surface area contributed by atoms with Crippen molar-refractivity contribution in [1.29, 1.82) is 0 Å². The zero-order valence-electron chi connectivity index (χ0n) is 14.2. The monoisotopic (exact) mass is 364 g/mol. The van der Waals surface area contributed by atoms with E-state index < -0.39 is 12.1 Å². The minimum Gasteiger partial charge on any atom is -0.378 e. The van der Waals surface area contributed by atoms with Crippen LogP contribution in [0.5, 0.6) is 0 Å². The summed E-state index contributed by atoms with van der Waals surface area (Å²) in [6.07, 6.45) is 9.04. The Labute approximate surface area is 156 Å². The molecule has 4 rings (SSSR count). The Morgan fingerprint density at radius 3 is 2.62 bits per heavy atom. The van der Waals surface area contributed by atoms with Crippen LogP contribution in [0.3, 0.4) is 0 Å². The first-order valence-electron chi connectivity index (χ1n) is 8.58. The molecule has 1 heterocycles. The normalized spacial score (nSPS) is 22.5. The quantitative estimate of drug-likeness (QED) is 0.731. The van der Waals surface area contributed by atoms with E-state index in [0.717, 1.165) is 28.9 Å². The van der Waals surface area contributed by atoms with Crippen LogP contribution in [0.15, 0.2) is 60.2 Å². The van der Waals surface area contributed by atoms with Crippen molar-refractivity contribution in [2.24, 2.45) is 17.4 Å². The lowest BCUT2D eigenvalue weighted by atomic mass is 9.90. The van der Waals surface area contributed by atoms with Gasteiger partial charge in [0.05, 0.1) is 0 Å². The third-order valence-corrected chi connectivity index (χ3v) is 6.18. The summed E-state index contributed by atoms with van der Waals surface area (Å²) in [5.41, 5.74) is 16.3. The lowest BCUT2D eigenvalue weighted by Gasteiger charge is -2.19. The number of carbonyl (C=O) groups is 1. The zero-order chi connectivity index (χ0) is 18.3. The highest BCUT2D eigenvalue weighted by Crippen LogP contribution is 2.47. The van der Waals surface area contributed by atoms with Crippen molar-refractivity contribution >= 4 is 22.8 Å². The number of thiophene rings is 1. The van der Waals surface area contributed by atoms with Gasteiger partial charge in [0.2, 0.25) is 5.91 Å². The van der Waals surface area contributed by atoms with E-state index in [9.17, 15) is 9.90 Å². The van der Waals surface area contributed by atoms with Gasteiger partial charge in [0.25, 0.3) is 0 Å². The topological polar surface area (TPSA) is 89.3 Å². The summed E-state index contributed by atoms with van der Waals surface area (Å²) in [4.78, 5) is 13.6. The number of allylic oxidation sites excluding steroid dienone is 5. The van der Waals surface area contributed by atoms with E-state index >= 15 is 0 Å². The lowest BCUT2D eigenvalue weighted by molar-refractivity contribution is 0.1000. The molecule has 26 heavy (non-hydrogen) atoms. The predicted octanol–water partition coefficient (Wildman–Crippen LogP) is 3.23. The third-order valence-electron chi connectivity index (χ3n) is 4.97. The van der Waals surface area contributed by atoms with Gasteiger partial charge in [-0.15, -0.1) is 11.3 Å². The average Bonchev–Trinajstić information content (AvgIpc) is 3.20. The van der Waals surface area contributed by atoms with Crippen molar-refractivity contribution in [1.82, 2.24) is 0 Å². The van der Waals surface area contributed by atoms with Gasteiger partial charge >= 0.3 is 0 Å². The number of hydrogen-bond donors (Lipinski definition) is 3. The maximum absolute atomic E-state index is 11.3. The minimum absolute atomic E-state index is 0.0614. The molecule has 2 aliphatic rings. The first kappa shape index (κ1) is 17.0. The molecule has 4 nitrogen and oxygen atoms in total. The number of primary amides is 1. The van der Waals surface area contributed by atoms with Gasteiger partial charge in [-0.3, -0.25) is 4.79 Å². The second-order valence-corrected chi connectivity index (χ2v) is 7.76. The number of aliphatic hydroxyl groups is 1. The molecule has 2 aliphatic carbocycles. The van der Waals surface area contributed by atoms with Crippen LogP contribution in [0, 0.1) is 5.92 Å². The van der Waals surface area contributed by atoms with Crippen LogP contribution in [-0.2, 0) is 6.42 Å². The van der Waals surface area contributed by atoms with Crippen molar-refractivity contribution < 1.29 is 9.90 Å². The van der Waals surface area contributed by atoms with Gasteiger partial charge in [-0.1, -0.05) is 36.4 Å². The van der Waals surface area contributed by atoms with E-state index in [1.807, 2.05) is 24.3 Å². The largest absolute Gasteiger partial charge is 0.378 e. The summed E-state index contributed by atoms with van der Waals surface area (Å²) in [6.45, 7) is 0. The van der Waals surface area contributed by atoms with Gasteiger partial charge in [-0.25, -0.2) is 0 Å². The first-order valence-corrected chi connectivity index (χ1v) is 9.39. The van der Waals surface area contributed by atoms with Crippen LogP contribution in [-0.4, -0.2) is 17.2 Å². The summed E-state index contributed by atoms with van der Waals surface area (Å²) < 4.78 is 0. The van der Waals surface area contributed by atoms with E-state index in [1.54, 1.807) is 23.5 Å². The summed E-state index contributed by atoms with van der Waals surface area (Å²) in [6, 6.07) is 9.53. The molecule has 132 valence electrons. The fraction of sp³-hybridized carbons (Fsp3) is 0.190. The Bertz CT molecular complexity index is 949. The Hall–Kier alpha value is -2.47. The molecule has 5 heteroatoms. The van der Waals surface area contributed by atoms with E-state index in [2.05, 4.69) is 18.2 Å². The van der Waals surface area contributed by atoms with Crippen molar-refractivity contribution in [3.05, 3.63) is 76.2 Å². The Balaban J connectivity index is 1.75. The molecule has 1 aromatic heterocycles. The number of carbonyl (C=O) groups excluding carboxylic acids is 1. The minimum atomic E-state index is -0.866. The molecule has 2 aromatic rings. The molecule has 1 unspecified atom stereocenters. The number of benzene rings is 1. The van der Waals surface area contributed by atoms with Gasteiger partial charge in [0.15, 0.2) is 0 Å². The molecule has 0 aliphatic heterocycles. The Kier molecular flexibility index (Phi) is 4.36. The Morgan fingerprint density at radius 1 is 1.23 bits per heavy atom. The van der Waals surface area contributed by atoms with Crippen LogP contribution in [0.1, 0.15) is 27.2 Å². The van der Waals surface area contributed by atoms with Gasteiger partial charge in [0.1, 0.15) is 6.23 Å². The molecule has 5 N–H and O–H groups in total. The van der Waals surface area contributed by atoms with Crippen LogP contribution in [0.2, 0.25) is 0 Å². The molecular formula is C21H20N2O2S. The summed E-state index contributed by atoms with van der Waals surface area (Å²) in [5, 5.41) is 10.1. The fourth-order valence-electron chi connectivity index (χ4n) is 3.67. The zero-order valence-corrected chi connectivity index (χ0v) is 15.0. The maximum Gasteiger partial charge on any atom is 0.248 e. The van der Waals surface area contributed by atoms with Gasteiger partial charge in [-0.05, 0) is 53.3 Å². The fourth-order valence-corrected chi connectivity index (χ4v) is 4.90. The molecule has 2 atom stereocenters. The van der Waals surface area contributed by atoms with Gasteiger partial charge in [0, 0.05) is 21.2 Å². The molecule has 1 amide bonds. The summed E-state index contributed by atoms with van der Waals surface area (Å²) >= 11 is 1.72.